The molecule has 0 spiro atoms. The monoisotopic (exact) mass is 345 g/mol. The molecule has 2 heterocycles. The van der Waals surface area contributed by atoms with E-state index in [1.54, 1.807) is 6.20 Å². The minimum atomic E-state index is 0.479. The fourth-order valence-corrected chi connectivity index (χ4v) is 3.31. The Hall–Kier alpha value is -2.95. The summed E-state index contributed by atoms with van der Waals surface area (Å²) in [4.78, 5) is 13.6. The van der Waals surface area contributed by atoms with Crippen LogP contribution in [-0.4, -0.2) is 21.0 Å². The predicted octanol–water partition coefficient (Wildman–Crippen LogP) is 4.51. The molecule has 5 heteroatoms. The van der Waals surface area contributed by atoms with E-state index in [1.807, 2.05) is 36.5 Å². The van der Waals surface area contributed by atoms with Crippen LogP contribution in [0.4, 0.5) is 11.8 Å². The predicted molar refractivity (Wildman–Crippen MR) is 105 cm³/mol. The Morgan fingerprint density at radius 1 is 0.962 bits per heavy atom. The summed E-state index contributed by atoms with van der Waals surface area (Å²) in [6, 6.07) is 16.7. The van der Waals surface area contributed by atoms with Crippen LogP contribution in [0.15, 0.2) is 60.9 Å². The van der Waals surface area contributed by atoms with Gasteiger partial charge in [-0.1, -0.05) is 49.2 Å². The normalized spacial score (nSPS) is 14.3. The van der Waals surface area contributed by atoms with Gasteiger partial charge in [-0.3, -0.25) is 4.98 Å². The number of anilines is 2. The molecule has 2 aromatic heterocycles. The van der Waals surface area contributed by atoms with E-state index < -0.39 is 0 Å². The standard InChI is InChI=1S/C21H23N5/c1-2-8-17(9-3-1)19-13-20(23-15-16-7-6-12-22-14-16)26-21(25-19)24-18-10-4-5-11-18/h1-3,6-9,12-14,18H,4-5,10-11,15H2,(H2,23,24,25,26). The summed E-state index contributed by atoms with van der Waals surface area (Å²) in [5.74, 6) is 1.52. The second-order valence-electron chi connectivity index (χ2n) is 6.67. The molecule has 0 radical (unpaired) electrons. The van der Waals surface area contributed by atoms with Crippen molar-refractivity contribution in [1.82, 2.24) is 15.0 Å². The van der Waals surface area contributed by atoms with Crippen molar-refractivity contribution in [1.29, 1.82) is 0 Å². The molecule has 1 aliphatic carbocycles. The quantitative estimate of drug-likeness (QED) is 0.688. The third kappa shape index (κ3) is 4.17. The highest BCUT2D eigenvalue weighted by Crippen LogP contribution is 2.25. The number of aromatic nitrogens is 3. The van der Waals surface area contributed by atoms with Gasteiger partial charge in [-0.15, -0.1) is 0 Å². The molecule has 1 fully saturated rings. The highest BCUT2D eigenvalue weighted by atomic mass is 15.2. The van der Waals surface area contributed by atoms with E-state index in [1.165, 1.54) is 25.7 Å². The fourth-order valence-electron chi connectivity index (χ4n) is 3.31. The lowest BCUT2D eigenvalue weighted by atomic mass is 10.1. The molecule has 1 saturated carbocycles. The zero-order valence-electron chi connectivity index (χ0n) is 14.7. The molecule has 5 nitrogen and oxygen atoms in total. The summed E-state index contributed by atoms with van der Waals surface area (Å²) in [6.07, 6.45) is 8.59. The molecule has 0 aliphatic heterocycles. The maximum absolute atomic E-state index is 4.75. The van der Waals surface area contributed by atoms with Crippen molar-refractivity contribution in [3.05, 3.63) is 66.5 Å². The molecule has 3 aromatic rings. The van der Waals surface area contributed by atoms with Gasteiger partial charge in [0, 0.05) is 36.6 Å². The topological polar surface area (TPSA) is 62.7 Å². The Labute approximate surface area is 153 Å². The van der Waals surface area contributed by atoms with Crippen molar-refractivity contribution in [2.24, 2.45) is 0 Å². The van der Waals surface area contributed by atoms with E-state index in [0.717, 1.165) is 22.6 Å². The van der Waals surface area contributed by atoms with Crippen LogP contribution >= 0.6 is 0 Å². The Morgan fingerprint density at radius 3 is 2.58 bits per heavy atom. The number of rotatable bonds is 6. The smallest absolute Gasteiger partial charge is 0.225 e. The molecular weight excluding hydrogens is 322 g/mol. The highest BCUT2D eigenvalue weighted by molar-refractivity contribution is 5.64. The molecule has 0 saturated heterocycles. The average molecular weight is 345 g/mol. The molecule has 1 aliphatic rings. The lowest BCUT2D eigenvalue weighted by Crippen LogP contribution is -2.17. The summed E-state index contributed by atoms with van der Waals surface area (Å²) in [6.45, 7) is 0.682. The van der Waals surface area contributed by atoms with Gasteiger partial charge in [0.05, 0.1) is 5.69 Å². The molecule has 0 bridgehead atoms. The summed E-state index contributed by atoms with van der Waals surface area (Å²) in [5.41, 5.74) is 3.14. The summed E-state index contributed by atoms with van der Waals surface area (Å²) in [7, 11) is 0. The summed E-state index contributed by atoms with van der Waals surface area (Å²) >= 11 is 0. The van der Waals surface area contributed by atoms with Crippen LogP contribution in [0, 0.1) is 0 Å². The zero-order valence-corrected chi connectivity index (χ0v) is 14.7. The lowest BCUT2D eigenvalue weighted by Gasteiger charge is -2.15. The van der Waals surface area contributed by atoms with Crippen LogP contribution in [0.25, 0.3) is 11.3 Å². The van der Waals surface area contributed by atoms with E-state index in [-0.39, 0.29) is 0 Å². The Morgan fingerprint density at radius 2 is 1.81 bits per heavy atom. The van der Waals surface area contributed by atoms with Gasteiger partial charge in [0.1, 0.15) is 5.82 Å². The molecule has 2 N–H and O–H groups in total. The Bertz CT molecular complexity index is 830. The van der Waals surface area contributed by atoms with E-state index >= 15 is 0 Å². The Kier molecular flexibility index (Phi) is 5.05. The number of nitrogens with zero attached hydrogens (tertiary/aromatic N) is 3. The second-order valence-corrected chi connectivity index (χ2v) is 6.67. The van der Waals surface area contributed by atoms with Crippen molar-refractivity contribution in [3.63, 3.8) is 0 Å². The van der Waals surface area contributed by atoms with Gasteiger partial charge in [-0.05, 0) is 24.5 Å². The first kappa shape index (κ1) is 16.5. The van der Waals surface area contributed by atoms with Gasteiger partial charge in [-0.2, -0.15) is 4.98 Å². The van der Waals surface area contributed by atoms with Gasteiger partial charge in [0.2, 0.25) is 5.95 Å². The van der Waals surface area contributed by atoms with Gasteiger partial charge >= 0.3 is 0 Å². The summed E-state index contributed by atoms with van der Waals surface area (Å²) in [5, 5.41) is 6.92. The molecule has 0 atom stereocenters. The second kappa shape index (κ2) is 7.95. The lowest BCUT2D eigenvalue weighted by molar-refractivity contribution is 0.744. The van der Waals surface area contributed by atoms with Crippen molar-refractivity contribution in [2.75, 3.05) is 10.6 Å². The van der Waals surface area contributed by atoms with Crippen LogP contribution in [0.2, 0.25) is 0 Å². The van der Waals surface area contributed by atoms with Crippen LogP contribution < -0.4 is 10.6 Å². The molecule has 0 unspecified atom stereocenters. The van der Waals surface area contributed by atoms with Crippen molar-refractivity contribution in [3.8, 4) is 11.3 Å². The third-order valence-electron chi connectivity index (χ3n) is 4.68. The highest BCUT2D eigenvalue weighted by Gasteiger charge is 2.16. The van der Waals surface area contributed by atoms with E-state index in [2.05, 4.69) is 38.8 Å². The van der Waals surface area contributed by atoms with Crippen molar-refractivity contribution in [2.45, 2.75) is 38.3 Å². The SMILES string of the molecule is c1ccc(-c2cc(NCc3cccnc3)nc(NC3CCCC3)n2)cc1. The maximum Gasteiger partial charge on any atom is 0.225 e. The molecule has 0 amide bonds. The van der Waals surface area contributed by atoms with Crippen LogP contribution in [0.3, 0.4) is 0 Å². The van der Waals surface area contributed by atoms with Crippen LogP contribution in [0.1, 0.15) is 31.2 Å². The maximum atomic E-state index is 4.75. The van der Waals surface area contributed by atoms with Crippen molar-refractivity contribution >= 4 is 11.8 Å². The van der Waals surface area contributed by atoms with Gasteiger partial charge in [0.25, 0.3) is 0 Å². The van der Waals surface area contributed by atoms with Crippen LogP contribution in [-0.2, 0) is 6.54 Å². The number of hydrogen-bond donors (Lipinski definition) is 2. The van der Waals surface area contributed by atoms with Gasteiger partial charge in [-0.25, -0.2) is 4.98 Å². The van der Waals surface area contributed by atoms with Gasteiger partial charge in [0.15, 0.2) is 0 Å². The molecule has 26 heavy (non-hydrogen) atoms. The first-order valence-corrected chi connectivity index (χ1v) is 9.21. The molecule has 1 aromatic carbocycles. The van der Waals surface area contributed by atoms with Crippen molar-refractivity contribution < 1.29 is 0 Å². The van der Waals surface area contributed by atoms with E-state index in [9.17, 15) is 0 Å². The third-order valence-corrected chi connectivity index (χ3v) is 4.68. The Balaban J connectivity index is 1.58. The van der Waals surface area contributed by atoms with Gasteiger partial charge < -0.3 is 10.6 Å². The number of pyridine rings is 1. The fraction of sp³-hybridized carbons (Fsp3) is 0.286. The minimum Gasteiger partial charge on any atom is -0.366 e. The molecule has 4 rings (SSSR count). The average Bonchev–Trinajstić information content (AvgIpc) is 3.21. The van der Waals surface area contributed by atoms with E-state index in [0.29, 0.717) is 18.5 Å². The van der Waals surface area contributed by atoms with Crippen LogP contribution in [0.5, 0.6) is 0 Å². The minimum absolute atomic E-state index is 0.479. The number of nitrogens with one attached hydrogen (secondary N) is 2. The number of hydrogen-bond acceptors (Lipinski definition) is 5. The molecule has 132 valence electrons. The largest absolute Gasteiger partial charge is 0.366 e. The molecular formula is C21H23N5. The van der Waals surface area contributed by atoms with E-state index in [4.69, 9.17) is 4.98 Å². The first-order chi connectivity index (χ1) is 12.9. The summed E-state index contributed by atoms with van der Waals surface area (Å²) < 4.78 is 0. The zero-order chi connectivity index (χ0) is 17.6. The first-order valence-electron chi connectivity index (χ1n) is 9.21. The number of benzene rings is 1.